The molecule has 1 atom stereocenters. The van der Waals surface area contributed by atoms with Gasteiger partial charge in [0.25, 0.3) is 5.70 Å². The number of halogens is 2. The summed E-state index contributed by atoms with van der Waals surface area (Å²) in [7, 11) is 3.00. The summed E-state index contributed by atoms with van der Waals surface area (Å²) in [6.45, 7) is 4.00. The molecule has 6 nitrogen and oxygen atoms in total. The van der Waals surface area contributed by atoms with E-state index in [0.717, 1.165) is 17.5 Å². The Morgan fingerprint density at radius 3 is 2.29 bits per heavy atom. The summed E-state index contributed by atoms with van der Waals surface area (Å²) in [4.78, 5) is 11.1. The van der Waals surface area contributed by atoms with Gasteiger partial charge in [0.2, 0.25) is 6.10 Å². The second-order valence-electron chi connectivity index (χ2n) is 6.40. The number of fused-ring (bicyclic) bond motifs is 3. The lowest BCUT2D eigenvalue weighted by atomic mass is 9.96. The number of benzene rings is 3. The summed E-state index contributed by atoms with van der Waals surface area (Å²) < 4.78 is 44.0. The minimum absolute atomic E-state index is 0.118. The topological polar surface area (TPSA) is 70.8 Å². The van der Waals surface area contributed by atoms with Crippen molar-refractivity contribution in [2.75, 3.05) is 14.2 Å². The first kappa shape index (κ1) is 22.0. The summed E-state index contributed by atoms with van der Waals surface area (Å²) in [6, 6.07) is 9.70. The fourth-order valence-corrected chi connectivity index (χ4v) is 3.40. The minimum Gasteiger partial charge on any atom is -0.493 e. The fraction of sp³-hybridized carbons (Fsp3) is 0.217. The van der Waals surface area contributed by atoms with Gasteiger partial charge in [0, 0.05) is 23.3 Å². The normalized spacial score (nSPS) is 14.5. The van der Waals surface area contributed by atoms with Crippen LogP contribution in [0.4, 0.5) is 8.78 Å². The predicted octanol–water partition coefficient (Wildman–Crippen LogP) is 5.91. The highest BCUT2D eigenvalue weighted by molar-refractivity contribution is 5.96. The first-order chi connectivity index (χ1) is 14.9. The van der Waals surface area contributed by atoms with Crippen molar-refractivity contribution in [3.05, 3.63) is 81.0 Å². The van der Waals surface area contributed by atoms with Gasteiger partial charge in [0.15, 0.2) is 11.5 Å². The average Bonchev–Trinajstić information content (AvgIpc) is 2.78. The Morgan fingerprint density at radius 2 is 1.68 bits per heavy atom. The molecule has 1 aliphatic heterocycles. The number of hydrogen-bond acceptors (Lipinski definition) is 5. The smallest absolute Gasteiger partial charge is 0.291 e. The first-order valence-corrected chi connectivity index (χ1v) is 9.59. The van der Waals surface area contributed by atoms with Gasteiger partial charge in [-0.15, -0.1) is 0 Å². The van der Waals surface area contributed by atoms with Crippen LogP contribution in [0.2, 0.25) is 0 Å². The van der Waals surface area contributed by atoms with E-state index < -0.39 is 22.7 Å². The molecule has 31 heavy (non-hydrogen) atoms. The molecule has 0 N–H and O–H groups in total. The number of ether oxygens (including phenoxy) is 3. The molecule has 3 aromatic carbocycles. The van der Waals surface area contributed by atoms with E-state index >= 15 is 0 Å². The van der Waals surface area contributed by atoms with Crippen molar-refractivity contribution in [2.24, 2.45) is 0 Å². The van der Waals surface area contributed by atoms with Crippen LogP contribution in [0, 0.1) is 21.7 Å². The molecule has 0 saturated carbocycles. The molecule has 0 fully saturated rings. The van der Waals surface area contributed by atoms with Crippen LogP contribution in [0.3, 0.4) is 0 Å². The van der Waals surface area contributed by atoms with Gasteiger partial charge in [-0.25, -0.2) is 8.78 Å². The van der Waals surface area contributed by atoms with Gasteiger partial charge >= 0.3 is 0 Å². The Labute approximate surface area is 177 Å². The molecular formula is C23H21F2NO5. The molecule has 0 amide bonds. The molecule has 0 radical (unpaired) electrons. The quantitative estimate of drug-likeness (QED) is 0.381. The third-order valence-corrected chi connectivity index (χ3v) is 4.79. The van der Waals surface area contributed by atoms with Crippen LogP contribution in [0.25, 0.3) is 16.8 Å². The van der Waals surface area contributed by atoms with Crippen molar-refractivity contribution in [3.8, 4) is 17.2 Å². The van der Waals surface area contributed by atoms with E-state index in [1.54, 1.807) is 24.3 Å². The zero-order valence-corrected chi connectivity index (χ0v) is 17.4. The SMILES string of the molecule is CC.COc1cc2ccc3c(c2cc1OC)C=C([N+](=O)[O-])C(c1ccc(F)cc1F)O3. The van der Waals surface area contributed by atoms with Crippen LogP contribution < -0.4 is 14.2 Å². The van der Waals surface area contributed by atoms with E-state index in [-0.39, 0.29) is 11.3 Å². The summed E-state index contributed by atoms with van der Waals surface area (Å²) in [6.07, 6.45) is 0.0382. The zero-order chi connectivity index (χ0) is 22.7. The Kier molecular flexibility index (Phi) is 6.39. The van der Waals surface area contributed by atoms with Gasteiger partial charge in [-0.05, 0) is 41.1 Å². The molecule has 8 heteroatoms. The first-order valence-electron chi connectivity index (χ1n) is 9.59. The largest absolute Gasteiger partial charge is 0.493 e. The number of nitro groups is 1. The second kappa shape index (κ2) is 8.99. The molecule has 1 aliphatic rings. The molecule has 0 saturated heterocycles. The maximum Gasteiger partial charge on any atom is 0.291 e. The van der Waals surface area contributed by atoms with Crippen LogP contribution in [0.15, 0.2) is 48.2 Å². The van der Waals surface area contributed by atoms with Gasteiger partial charge in [-0.1, -0.05) is 19.9 Å². The van der Waals surface area contributed by atoms with E-state index in [4.69, 9.17) is 14.2 Å². The number of hydrogen-bond donors (Lipinski definition) is 0. The van der Waals surface area contributed by atoms with Crippen LogP contribution in [-0.4, -0.2) is 19.1 Å². The highest BCUT2D eigenvalue weighted by Crippen LogP contribution is 2.43. The molecule has 162 valence electrons. The van der Waals surface area contributed by atoms with Crippen LogP contribution in [0.1, 0.15) is 31.1 Å². The lowest BCUT2D eigenvalue weighted by Crippen LogP contribution is -2.21. The van der Waals surface area contributed by atoms with Crippen molar-refractivity contribution < 1.29 is 27.9 Å². The monoisotopic (exact) mass is 429 g/mol. The van der Waals surface area contributed by atoms with Gasteiger partial charge < -0.3 is 14.2 Å². The number of rotatable bonds is 4. The van der Waals surface area contributed by atoms with E-state index in [2.05, 4.69) is 0 Å². The molecule has 4 rings (SSSR count). The van der Waals surface area contributed by atoms with Crippen molar-refractivity contribution in [1.82, 2.24) is 0 Å². The molecule has 1 heterocycles. The van der Waals surface area contributed by atoms with Crippen LogP contribution in [0.5, 0.6) is 17.2 Å². The van der Waals surface area contributed by atoms with Gasteiger partial charge in [0.1, 0.15) is 17.4 Å². The van der Waals surface area contributed by atoms with Crippen molar-refractivity contribution in [1.29, 1.82) is 0 Å². The Bertz CT molecular complexity index is 1180. The van der Waals surface area contributed by atoms with Crippen LogP contribution in [-0.2, 0) is 0 Å². The standard InChI is InChI=1S/C21H15F2NO5.C2H6/c1-27-19-7-11-3-6-18-15(14(11)10-20(19)28-2)9-17(24(25)26)21(29-18)13-5-4-12(22)8-16(13)23;1-2/h3-10,21H,1-2H3;1-2H3. The molecule has 0 aliphatic carbocycles. The average molecular weight is 429 g/mol. The Morgan fingerprint density at radius 1 is 1.00 bits per heavy atom. The van der Waals surface area contributed by atoms with E-state index in [1.807, 2.05) is 13.8 Å². The summed E-state index contributed by atoms with van der Waals surface area (Å²) in [5.74, 6) is -0.388. The summed E-state index contributed by atoms with van der Waals surface area (Å²) in [5, 5.41) is 13.1. The Hall–Kier alpha value is -3.68. The summed E-state index contributed by atoms with van der Waals surface area (Å²) >= 11 is 0. The second-order valence-corrected chi connectivity index (χ2v) is 6.40. The van der Waals surface area contributed by atoms with E-state index in [9.17, 15) is 18.9 Å². The number of nitrogens with zero attached hydrogens (tertiary/aromatic N) is 1. The van der Waals surface area contributed by atoms with Gasteiger partial charge in [-0.2, -0.15) is 0 Å². The molecule has 0 spiro atoms. The maximum atomic E-state index is 14.3. The highest BCUT2D eigenvalue weighted by Gasteiger charge is 2.35. The predicted molar refractivity (Wildman–Crippen MR) is 113 cm³/mol. The molecule has 1 unspecified atom stereocenters. The van der Waals surface area contributed by atoms with Crippen LogP contribution >= 0.6 is 0 Å². The lowest BCUT2D eigenvalue weighted by molar-refractivity contribution is -0.434. The number of methoxy groups -OCH3 is 2. The van der Waals surface area contributed by atoms with Crippen molar-refractivity contribution in [3.63, 3.8) is 0 Å². The molecule has 0 bridgehead atoms. The lowest BCUT2D eigenvalue weighted by Gasteiger charge is -2.24. The molecular weight excluding hydrogens is 408 g/mol. The van der Waals surface area contributed by atoms with Crippen molar-refractivity contribution in [2.45, 2.75) is 20.0 Å². The van der Waals surface area contributed by atoms with Gasteiger partial charge in [-0.3, -0.25) is 10.1 Å². The van der Waals surface area contributed by atoms with Crippen molar-refractivity contribution >= 4 is 16.8 Å². The Balaban J connectivity index is 0.00000132. The van der Waals surface area contributed by atoms with E-state index in [1.165, 1.54) is 20.3 Å². The minimum atomic E-state index is -1.31. The maximum absolute atomic E-state index is 14.3. The third-order valence-electron chi connectivity index (χ3n) is 4.79. The van der Waals surface area contributed by atoms with E-state index in [0.29, 0.717) is 34.3 Å². The highest BCUT2D eigenvalue weighted by atomic mass is 19.1. The zero-order valence-electron chi connectivity index (χ0n) is 17.4. The molecule has 3 aromatic rings. The van der Waals surface area contributed by atoms with Gasteiger partial charge in [0.05, 0.1) is 19.1 Å². The third kappa shape index (κ3) is 4.01. The molecule has 0 aromatic heterocycles. The fourth-order valence-electron chi connectivity index (χ4n) is 3.40. The summed E-state index contributed by atoms with van der Waals surface area (Å²) in [5.41, 5.74) is -0.00776.